The highest BCUT2D eigenvalue weighted by Crippen LogP contribution is 2.26. The minimum atomic E-state index is -0.426. The summed E-state index contributed by atoms with van der Waals surface area (Å²) < 4.78 is 1.09. The molecule has 0 radical (unpaired) electrons. The van der Waals surface area contributed by atoms with Gasteiger partial charge in [0.2, 0.25) is 0 Å². The lowest BCUT2D eigenvalue weighted by molar-refractivity contribution is -0.112. The Bertz CT molecular complexity index is 868. The molecule has 134 valence electrons. The molecule has 0 spiro atoms. The number of carbonyl (C=O) groups excluding carboxylic acids is 1. The molecular formula is C21H22IN3O. The number of halogens is 1. The van der Waals surface area contributed by atoms with E-state index >= 15 is 0 Å². The normalized spacial score (nSPS) is 12.2. The number of nitrogens with zero attached hydrogens (tertiary/aromatic N) is 1. The second kappa shape index (κ2) is 9.39. The van der Waals surface area contributed by atoms with E-state index in [-0.39, 0.29) is 5.57 Å². The first-order valence-electron chi connectivity index (χ1n) is 8.49. The van der Waals surface area contributed by atoms with Crippen LogP contribution in [0.25, 0.3) is 0 Å². The summed E-state index contributed by atoms with van der Waals surface area (Å²) in [6, 6.07) is 15.6. The summed E-state index contributed by atoms with van der Waals surface area (Å²) in [6.45, 7) is 6.21. The number of para-hydroxylation sites is 1. The van der Waals surface area contributed by atoms with E-state index in [2.05, 4.69) is 53.1 Å². The largest absolute Gasteiger partial charge is 0.360 e. The first kappa shape index (κ1) is 20.0. The monoisotopic (exact) mass is 459 g/mol. The van der Waals surface area contributed by atoms with Crippen LogP contribution in [0.15, 0.2) is 54.2 Å². The number of hydrogen-bond donors (Lipinski definition) is 2. The molecule has 0 saturated heterocycles. The van der Waals surface area contributed by atoms with Gasteiger partial charge in [0.15, 0.2) is 0 Å². The Labute approximate surface area is 168 Å². The van der Waals surface area contributed by atoms with Gasteiger partial charge in [0.25, 0.3) is 5.91 Å². The van der Waals surface area contributed by atoms with Crippen LogP contribution in [0.5, 0.6) is 0 Å². The standard InChI is InChI=1S/C21H22IN3O/c1-4-14(2)18-7-5-6-8-20(18)24-13-16(12-23)21(26)25-19-10-9-17(22)11-15(19)3/h5-11,13-14,24H,4H2,1-3H3,(H,25,26)/b16-13-. The second-order valence-electron chi connectivity index (χ2n) is 6.12. The molecule has 0 heterocycles. The van der Waals surface area contributed by atoms with E-state index in [4.69, 9.17) is 0 Å². The van der Waals surface area contributed by atoms with Gasteiger partial charge < -0.3 is 10.6 Å². The summed E-state index contributed by atoms with van der Waals surface area (Å²) in [5.74, 6) is -0.0359. The number of anilines is 2. The summed E-state index contributed by atoms with van der Waals surface area (Å²) in [5, 5.41) is 15.3. The number of benzene rings is 2. The van der Waals surface area contributed by atoms with Crippen LogP contribution in [-0.4, -0.2) is 5.91 Å². The van der Waals surface area contributed by atoms with Crippen LogP contribution in [0.4, 0.5) is 11.4 Å². The predicted molar refractivity (Wildman–Crippen MR) is 115 cm³/mol. The quantitative estimate of drug-likeness (QED) is 0.337. The van der Waals surface area contributed by atoms with Crippen molar-refractivity contribution in [1.82, 2.24) is 0 Å². The van der Waals surface area contributed by atoms with Crippen molar-refractivity contribution < 1.29 is 4.79 Å². The van der Waals surface area contributed by atoms with Crippen molar-refractivity contribution in [1.29, 1.82) is 5.26 Å². The Morgan fingerprint density at radius 2 is 2.00 bits per heavy atom. The number of rotatable bonds is 6. The van der Waals surface area contributed by atoms with E-state index in [1.807, 2.05) is 49.4 Å². The zero-order chi connectivity index (χ0) is 19.1. The fourth-order valence-corrected chi connectivity index (χ4v) is 3.18. The Kier molecular flexibility index (Phi) is 7.22. The molecule has 2 aromatic carbocycles. The fourth-order valence-electron chi connectivity index (χ4n) is 2.53. The third-order valence-corrected chi connectivity index (χ3v) is 4.95. The smallest absolute Gasteiger partial charge is 0.267 e. The third kappa shape index (κ3) is 5.09. The molecule has 2 rings (SSSR count). The Balaban J connectivity index is 2.18. The zero-order valence-corrected chi connectivity index (χ0v) is 17.3. The lowest BCUT2D eigenvalue weighted by Crippen LogP contribution is -2.15. The van der Waals surface area contributed by atoms with Crippen LogP contribution in [0.3, 0.4) is 0 Å². The molecule has 0 bridgehead atoms. The second-order valence-corrected chi connectivity index (χ2v) is 7.37. The van der Waals surface area contributed by atoms with Crippen LogP contribution in [0.2, 0.25) is 0 Å². The maximum absolute atomic E-state index is 12.4. The number of amides is 1. The van der Waals surface area contributed by atoms with Gasteiger partial charge in [0, 0.05) is 21.1 Å². The molecule has 1 atom stereocenters. The van der Waals surface area contributed by atoms with Gasteiger partial charge in [-0.2, -0.15) is 5.26 Å². The van der Waals surface area contributed by atoms with Crippen molar-refractivity contribution in [2.24, 2.45) is 0 Å². The molecule has 1 amide bonds. The van der Waals surface area contributed by atoms with E-state index in [0.717, 1.165) is 26.8 Å². The maximum atomic E-state index is 12.4. The van der Waals surface area contributed by atoms with Crippen molar-refractivity contribution in [2.45, 2.75) is 33.1 Å². The van der Waals surface area contributed by atoms with Crippen molar-refractivity contribution in [2.75, 3.05) is 10.6 Å². The lowest BCUT2D eigenvalue weighted by atomic mass is 9.97. The molecule has 0 aromatic heterocycles. The summed E-state index contributed by atoms with van der Waals surface area (Å²) in [5.41, 5.74) is 3.77. The zero-order valence-electron chi connectivity index (χ0n) is 15.1. The Hall–Kier alpha value is -2.33. The molecule has 0 saturated carbocycles. The van der Waals surface area contributed by atoms with Gasteiger partial charge >= 0.3 is 0 Å². The highest BCUT2D eigenvalue weighted by atomic mass is 127. The van der Waals surface area contributed by atoms with Gasteiger partial charge in [-0.3, -0.25) is 4.79 Å². The molecule has 2 N–H and O–H groups in total. The van der Waals surface area contributed by atoms with Crippen molar-refractivity contribution in [3.05, 3.63) is 68.9 Å². The fraction of sp³-hybridized carbons (Fsp3) is 0.238. The third-order valence-electron chi connectivity index (χ3n) is 4.28. The molecular weight excluding hydrogens is 437 g/mol. The van der Waals surface area contributed by atoms with E-state index in [9.17, 15) is 10.1 Å². The average Bonchev–Trinajstić information content (AvgIpc) is 2.64. The van der Waals surface area contributed by atoms with Gasteiger partial charge in [0.1, 0.15) is 11.6 Å². The van der Waals surface area contributed by atoms with Crippen molar-refractivity contribution in [3.8, 4) is 6.07 Å². The van der Waals surface area contributed by atoms with E-state index in [0.29, 0.717) is 11.6 Å². The van der Waals surface area contributed by atoms with Crippen LogP contribution in [0, 0.1) is 21.8 Å². The first-order chi connectivity index (χ1) is 12.5. The van der Waals surface area contributed by atoms with Gasteiger partial charge in [-0.25, -0.2) is 0 Å². The van der Waals surface area contributed by atoms with Crippen molar-refractivity contribution >= 4 is 39.9 Å². The summed E-state index contributed by atoms with van der Waals surface area (Å²) in [4.78, 5) is 12.4. The number of aryl methyl sites for hydroxylation is 1. The predicted octanol–water partition coefficient (Wildman–Crippen LogP) is 5.57. The molecule has 2 aromatic rings. The number of hydrogen-bond acceptors (Lipinski definition) is 3. The minimum Gasteiger partial charge on any atom is -0.360 e. The van der Waals surface area contributed by atoms with E-state index < -0.39 is 5.91 Å². The average molecular weight is 459 g/mol. The van der Waals surface area contributed by atoms with Gasteiger partial charge in [-0.15, -0.1) is 0 Å². The number of carbonyl (C=O) groups is 1. The molecule has 26 heavy (non-hydrogen) atoms. The molecule has 0 aliphatic rings. The van der Waals surface area contributed by atoms with Crippen LogP contribution >= 0.6 is 22.6 Å². The van der Waals surface area contributed by atoms with E-state index in [1.165, 1.54) is 6.20 Å². The molecule has 1 unspecified atom stereocenters. The maximum Gasteiger partial charge on any atom is 0.267 e. The molecule has 5 heteroatoms. The number of nitriles is 1. The molecule has 0 fully saturated rings. The first-order valence-corrected chi connectivity index (χ1v) is 9.57. The van der Waals surface area contributed by atoms with Crippen LogP contribution in [-0.2, 0) is 4.79 Å². The SMILES string of the molecule is CCC(C)c1ccccc1N/C=C(/C#N)C(=O)Nc1ccc(I)cc1C. The summed E-state index contributed by atoms with van der Waals surface area (Å²) in [6.07, 6.45) is 2.48. The van der Waals surface area contributed by atoms with Crippen LogP contribution < -0.4 is 10.6 Å². The summed E-state index contributed by atoms with van der Waals surface area (Å²) in [7, 11) is 0. The van der Waals surface area contributed by atoms with Gasteiger partial charge in [-0.1, -0.05) is 32.0 Å². The van der Waals surface area contributed by atoms with E-state index in [1.54, 1.807) is 0 Å². The van der Waals surface area contributed by atoms with Gasteiger partial charge in [-0.05, 0) is 77.2 Å². The number of nitrogens with one attached hydrogen (secondary N) is 2. The molecule has 4 nitrogen and oxygen atoms in total. The summed E-state index contributed by atoms with van der Waals surface area (Å²) >= 11 is 2.22. The lowest BCUT2D eigenvalue weighted by Gasteiger charge is -2.15. The van der Waals surface area contributed by atoms with Gasteiger partial charge in [0.05, 0.1) is 0 Å². The topological polar surface area (TPSA) is 64.9 Å². The molecule has 0 aliphatic carbocycles. The Morgan fingerprint density at radius 3 is 2.65 bits per heavy atom. The highest BCUT2D eigenvalue weighted by Gasteiger charge is 2.12. The van der Waals surface area contributed by atoms with Crippen molar-refractivity contribution in [3.63, 3.8) is 0 Å². The highest BCUT2D eigenvalue weighted by molar-refractivity contribution is 14.1. The minimum absolute atomic E-state index is 0.0295. The molecule has 0 aliphatic heterocycles. The van der Waals surface area contributed by atoms with Crippen LogP contribution in [0.1, 0.15) is 37.3 Å². The Morgan fingerprint density at radius 1 is 1.27 bits per heavy atom.